The number of carbonyl (C=O) groups excluding carboxylic acids is 1. The van der Waals surface area contributed by atoms with Crippen molar-refractivity contribution in [1.29, 1.82) is 0 Å². The Hall–Kier alpha value is -2.08. The van der Waals surface area contributed by atoms with E-state index in [1.54, 1.807) is 12.1 Å². The summed E-state index contributed by atoms with van der Waals surface area (Å²) in [6.07, 6.45) is 3.76. The van der Waals surface area contributed by atoms with Crippen molar-refractivity contribution in [1.82, 2.24) is 4.90 Å². The van der Waals surface area contributed by atoms with E-state index in [4.69, 9.17) is 9.94 Å². The van der Waals surface area contributed by atoms with Crippen LogP contribution in [-0.4, -0.2) is 41.9 Å². The minimum atomic E-state index is -0.0298. The number of anilines is 1. The molecular formula is C15H21N3O3. The SMILES string of the molecule is CC.COc1cc2c(cc1NO)N=CC1CCCN1C2=O. The molecule has 2 aliphatic heterocycles. The largest absolute Gasteiger partial charge is 0.494 e. The molecule has 0 bridgehead atoms. The number of hydrogen-bond acceptors (Lipinski definition) is 5. The van der Waals surface area contributed by atoms with Crippen molar-refractivity contribution in [2.45, 2.75) is 32.7 Å². The molecule has 2 heterocycles. The lowest BCUT2D eigenvalue weighted by Crippen LogP contribution is -2.35. The number of hydrogen-bond donors (Lipinski definition) is 2. The van der Waals surface area contributed by atoms with E-state index in [0.29, 0.717) is 22.7 Å². The van der Waals surface area contributed by atoms with Gasteiger partial charge in [-0.05, 0) is 25.0 Å². The second-order valence-electron chi connectivity index (χ2n) is 4.67. The van der Waals surface area contributed by atoms with E-state index >= 15 is 0 Å². The number of fused-ring (bicyclic) bond motifs is 2. The molecule has 1 fully saturated rings. The molecule has 114 valence electrons. The van der Waals surface area contributed by atoms with Gasteiger partial charge in [-0.2, -0.15) is 0 Å². The summed E-state index contributed by atoms with van der Waals surface area (Å²) in [6.45, 7) is 4.76. The number of benzene rings is 1. The molecule has 2 N–H and O–H groups in total. The van der Waals surface area contributed by atoms with Gasteiger partial charge in [0.05, 0.1) is 24.4 Å². The number of nitrogens with zero attached hydrogens (tertiary/aromatic N) is 2. The van der Waals surface area contributed by atoms with Gasteiger partial charge in [-0.3, -0.25) is 20.5 Å². The standard InChI is InChI=1S/C13H15N3O3.C2H6/c1-19-12-5-9-10(6-11(12)15-18)14-7-8-3-2-4-16(8)13(9)17;1-2/h5-8,15,18H,2-4H2,1H3;1-2H3. The van der Waals surface area contributed by atoms with Gasteiger partial charge in [-0.1, -0.05) is 13.8 Å². The van der Waals surface area contributed by atoms with Crippen molar-refractivity contribution in [3.63, 3.8) is 0 Å². The fourth-order valence-corrected chi connectivity index (χ4v) is 2.62. The molecule has 1 saturated heterocycles. The first-order valence-electron chi connectivity index (χ1n) is 7.22. The summed E-state index contributed by atoms with van der Waals surface area (Å²) in [5.74, 6) is 0.389. The van der Waals surface area contributed by atoms with Crippen LogP contribution in [0.5, 0.6) is 5.75 Å². The molecule has 6 heteroatoms. The molecule has 1 atom stereocenters. The topological polar surface area (TPSA) is 74.2 Å². The zero-order valence-electron chi connectivity index (χ0n) is 12.6. The summed E-state index contributed by atoms with van der Waals surface area (Å²) in [5.41, 5.74) is 3.52. The van der Waals surface area contributed by atoms with Crippen molar-refractivity contribution in [2.24, 2.45) is 4.99 Å². The highest BCUT2D eigenvalue weighted by Crippen LogP contribution is 2.36. The molecule has 0 saturated carbocycles. The monoisotopic (exact) mass is 291 g/mol. The van der Waals surface area contributed by atoms with Crippen molar-refractivity contribution >= 4 is 23.5 Å². The minimum absolute atomic E-state index is 0.0298. The summed E-state index contributed by atoms with van der Waals surface area (Å²) >= 11 is 0. The van der Waals surface area contributed by atoms with Gasteiger partial charge in [-0.15, -0.1) is 0 Å². The van der Waals surface area contributed by atoms with Gasteiger partial charge in [-0.25, -0.2) is 0 Å². The maximum Gasteiger partial charge on any atom is 0.256 e. The molecule has 2 aliphatic rings. The van der Waals surface area contributed by atoms with Crippen molar-refractivity contribution in [3.8, 4) is 5.75 Å². The third-order valence-electron chi connectivity index (χ3n) is 3.61. The number of carbonyl (C=O) groups is 1. The van der Waals surface area contributed by atoms with Crippen LogP contribution >= 0.6 is 0 Å². The van der Waals surface area contributed by atoms with Crippen LogP contribution in [0.3, 0.4) is 0 Å². The molecule has 0 spiro atoms. The fraction of sp³-hybridized carbons (Fsp3) is 0.467. The Balaban J connectivity index is 0.000000774. The third kappa shape index (κ3) is 2.71. The number of aliphatic imine (C=N–C) groups is 1. The summed E-state index contributed by atoms with van der Waals surface area (Å²) in [4.78, 5) is 18.7. The van der Waals surface area contributed by atoms with E-state index in [-0.39, 0.29) is 11.9 Å². The second kappa shape index (κ2) is 6.58. The van der Waals surface area contributed by atoms with E-state index in [9.17, 15) is 4.79 Å². The number of rotatable bonds is 2. The van der Waals surface area contributed by atoms with E-state index in [2.05, 4.69) is 10.5 Å². The van der Waals surface area contributed by atoms with Gasteiger partial charge in [0.1, 0.15) is 11.4 Å². The molecule has 0 aliphatic carbocycles. The molecule has 1 aromatic rings. The fourth-order valence-electron chi connectivity index (χ4n) is 2.62. The highest BCUT2D eigenvalue weighted by atomic mass is 16.5. The molecule has 0 radical (unpaired) electrons. The summed E-state index contributed by atoms with van der Waals surface area (Å²) < 4.78 is 5.16. The highest BCUT2D eigenvalue weighted by molar-refractivity contribution is 6.04. The molecular weight excluding hydrogens is 270 g/mol. The van der Waals surface area contributed by atoms with Crippen LogP contribution in [0.15, 0.2) is 17.1 Å². The quantitative estimate of drug-likeness (QED) is 0.822. The smallest absolute Gasteiger partial charge is 0.256 e. The first-order valence-corrected chi connectivity index (χ1v) is 7.22. The molecule has 1 unspecified atom stereocenters. The molecule has 6 nitrogen and oxygen atoms in total. The third-order valence-corrected chi connectivity index (χ3v) is 3.61. The average molecular weight is 291 g/mol. The van der Waals surface area contributed by atoms with Crippen LogP contribution < -0.4 is 10.2 Å². The lowest BCUT2D eigenvalue weighted by Gasteiger charge is -2.20. The first-order chi connectivity index (χ1) is 10.2. The van der Waals surface area contributed by atoms with E-state index < -0.39 is 0 Å². The van der Waals surface area contributed by atoms with Crippen LogP contribution in [0.25, 0.3) is 0 Å². The van der Waals surface area contributed by atoms with Crippen LogP contribution in [0.2, 0.25) is 0 Å². The summed E-state index contributed by atoms with van der Waals surface area (Å²) in [6, 6.07) is 3.32. The van der Waals surface area contributed by atoms with Crippen molar-refractivity contribution < 1.29 is 14.7 Å². The van der Waals surface area contributed by atoms with Crippen molar-refractivity contribution in [2.75, 3.05) is 19.1 Å². The molecule has 3 rings (SSSR count). The first kappa shape index (κ1) is 15.3. The van der Waals surface area contributed by atoms with Gasteiger partial charge >= 0.3 is 0 Å². The number of amides is 1. The molecule has 1 amide bonds. The number of ether oxygens (including phenoxy) is 1. The van der Waals surface area contributed by atoms with Crippen LogP contribution in [-0.2, 0) is 0 Å². The lowest BCUT2D eigenvalue weighted by atomic mass is 10.1. The molecule has 21 heavy (non-hydrogen) atoms. The van der Waals surface area contributed by atoms with Gasteiger partial charge in [0.15, 0.2) is 0 Å². The van der Waals surface area contributed by atoms with Gasteiger partial charge in [0.25, 0.3) is 5.91 Å². The second-order valence-corrected chi connectivity index (χ2v) is 4.67. The Morgan fingerprint density at radius 1 is 1.43 bits per heavy atom. The van der Waals surface area contributed by atoms with E-state index in [0.717, 1.165) is 19.4 Å². The maximum absolute atomic E-state index is 12.5. The lowest BCUT2D eigenvalue weighted by molar-refractivity contribution is 0.0774. The van der Waals surface area contributed by atoms with Gasteiger partial charge < -0.3 is 9.64 Å². The normalized spacial score (nSPS) is 19.1. The minimum Gasteiger partial charge on any atom is -0.494 e. The Kier molecular flexibility index (Phi) is 4.80. The van der Waals surface area contributed by atoms with Crippen LogP contribution in [0.4, 0.5) is 11.4 Å². The maximum atomic E-state index is 12.5. The van der Waals surface area contributed by atoms with Gasteiger partial charge in [0.2, 0.25) is 0 Å². The Bertz CT molecular complexity index is 557. The zero-order chi connectivity index (χ0) is 15.4. The summed E-state index contributed by atoms with van der Waals surface area (Å²) in [7, 11) is 1.49. The van der Waals surface area contributed by atoms with E-state index in [1.807, 2.05) is 25.0 Å². The highest BCUT2D eigenvalue weighted by Gasteiger charge is 2.32. The predicted molar refractivity (Wildman–Crippen MR) is 82.0 cm³/mol. The van der Waals surface area contributed by atoms with Crippen LogP contribution in [0, 0.1) is 0 Å². The Morgan fingerprint density at radius 2 is 2.19 bits per heavy atom. The zero-order valence-corrected chi connectivity index (χ0v) is 12.6. The van der Waals surface area contributed by atoms with E-state index in [1.165, 1.54) is 7.11 Å². The van der Waals surface area contributed by atoms with Gasteiger partial charge in [0, 0.05) is 12.8 Å². The van der Waals surface area contributed by atoms with Crippen molar-refractivity contribution in [3.05, 3.63) is 17.7 Å². The molecule has 1 aromatic carbocycles. The Labute approximate surface area is 124 Å². The number of methoxy groups -OCH3 is 1. The molecule has 0 aromatic heterocycles. The van der Waals surface area contributed by atoms with Crippen LogP contribution in [0.1, 0.15) is 37.0 Å². The predicted octanol–water partition coefficient (Wildman–Crippen LogP) is 2.84. The Morgan fingerprint density at radius 3 is 2.86 bits per heavy atom. The summed E-state index contributed by atoms with van der Waals surface area (Å²) in [5, 5.41) is 9.07. The number of nitrogens with one attached hydrogen (secondary N) is 1. The average Bonchev–Trinajstić information content (AvgIpc) is 2.97.